The molecule has 0 bridgehead atoms. The first kappa shape index (κ1) is 17.1. The second-order valence-corrected chi connectivity index (χ2v) is 7.27. The van der Waals surface area contributed by atoms with Gasteiger partial charge in [-0.15, -0.1) is 11.3 Å². The van der Waals surface area contributed by atoms with Crippen molar-refractivity contribution in [1.82, 2.24) is 19.6 Å². The third kappa shape index (κ3) is 3.48. The van der Waals surface area contributed by atoms with E-state index in [2.05, 4.69) is 15.2 Å². The Balaban J connectivity index is 1.43. The number of ether oxygens (including phenoxy) is 1. The van der Waals surface area contributed by atoms with E-state index in [4.69, 9.17) is 4.74 Å². The van der Waals surface area contributed by atoms with Crippen LogP contribution in [0.25, 0.3) is 15.9 Å². The van der Waals surface area contributed by atoms with Gasteiger partial charge < -0.3 is 10.1 Å². The Morgan fingerprint density at radius 3 is 3.00 bits per heavy atom. The largest absolute Gasteiger partial charge is 0.379 e. The summed E-state index contributed by atoms with van der Waals surface area (Å²) in [5.74, 6) is -0.150. The number of pyridine rings is 1. The lowest BCUT2D eigenvalue weighted by molar-refractivity contribution is 0.0374. The van der Waals surface area contributed by atoms with Crippen LogP contribution in [0.15, 0.2) is 35.3 Å². The van der Waals surface area contributed by atoms with Crippen molar-refractivity contribution >= 4 is 33.1 Å². The molecule has 1 fully saturated rings. The summed E-state index contributed by atoms with van der Waals surface area (Å²) >= 11 is 1.26. The molecule has 1 aliphatic heterocycles. The molecule has 0 unspecified atom stereocenters. The molecule has 1 aliphatic rings. The Morgan fingerprint density at radius 2 is 2.15 bits per heavy atom. The average molecular weight is 372 g/mol. The van der Waals surface area contributed by atoms with Crippen molar-refractivity contribution in [2.24, 2.45) is 0 Å². The Kier molecular flexibility index (Phi) is 4.96. The van der Waals surface area contributed by atoms with Crippen LogP contribution in [0.4, 0.5) is 0 Å². The van der Waals surface area contributed by atoms with Gasteiger partial charge in [0.25, 0.3) is 11.5 Å². The van der Waals surface area contributed by atoms with Gasteiger partial charge in [0.1, 0.15) is 10.5 Å². The number of carbonyl (C=O) groups is 1. The molecule has 0 atom stereocenters. The minimum absolute atomic E-state index is 0.145. The minimum atomic E-state index is -0.150. The molecule has 136 valence electrons. The second-order valence-electron chi connectivity index (χ2n) is 6.24. The normalized spacial score (nSPS) is 15.5. The summed E-state index contributed by atoms with van der Waals surface area (Å²) in [6, 6.07) is 7.05. The van der Waals surface area contributed by atoms with Crippen LogP contribution in [0.2, 0.25) is 0 Å². The van der Waals surface area contributed by atoms with E-state index in [0.717, 1.165) is 39.3 Å². The fourth-order valence-corrected chi connectivity index (χ4v) is 4.02. The van der Waals surface area contributed by atoms with E-state index in [1.54, 1.807) is 24.4 Å². The molecule has 0 aromatic carbocycles. The van der Waals surface area contributed by atoms with Gasteiger partial charge in [0.05, 0.1) is 23.5 Å². The van der Waals surface area contributed by atoms with Gasteiger partial charge in [-0.2, -0.15) is 0 Å². The van der Waals surface area contributed by atoms with Crippen LogP contribution in [0.3, 0.4) is 0 Å². The van der Waals surface area contributed by atoms with Crippen LogP contribution >= 0.6 is 11.3 Å². The molecule has 0 saturated carbocycles. The van der Waals surface area contributed by atoms with Gasteiger partial charge in [-0.25, -0.2) is 4.98 Å². The molecule has 3 aromatic heterocycles. The predicted octanol–water partition coefficient (Wildman–Crippen LogP) is 1.36. The summed E-state index contributed by atoms with van der Waals surface area (Å²) in [5, 5.41) is 3.42. The molecular formula is C18H20N4O3S. The molecule has 1 amide bonds. The highest BCUT2D eigenvalue weighted by Crippen LogP contribution is 2.21. The highest BCUT2D eigenvalue weighted by atomic mass is 32.1. The molecule has 8 heteroatoms. The summed E-state index contributed by atoms with van der Waals surface area (Å²) < 4.78 is 6.82. The third-order valence-electron chi connectivity index (χ3n) is 4.48. The van der Waals surface area contributed by atoms with Gasteiger partial charge in [0, 0.05) is 25.8 Å². The zero-order valence-electron chi connectivity index (χ0n) is 14.3. The van der Waals surface area contributed by atoms with Crippen molar-refractivity contribution in [2.45, 2.75) is 6.42 Å². The molecule has 0 spiro atoms. The van der Waals surface area contributed by atoms with E-state index < -0.39 is 0 Å². The molecule has 4 heterocycles. The lowest BCUT2D eigenvalue weighted by Crippen LogP contribution is -2.38. The topological polar surface area (TPSA) is 75.9 Å². The smallest absolute Gasteiger partial charge is 0.266 e. The Morgan fingerprint density at radius 1 is 1.31 bits per heavy atom. The molecule has 1 N–H and O–H groups in total. The maximum absolute atomic E-state index is 12.5. The highest BCUT2D eigenvalue weighted by molar-refractivity contribution is 7.20. The van der Waals surface area contributed by atoms with Crippen LogP contribution in [0, 0.1) is 0 Å². The highest BCUT2D eigenvalue weighted by Gasteiger charge is 2.15. The second kappa shape index (κ2) is 7.53. The van der Waals surface area contributed by atoms with Crippen molar-refractivity contribution in [3.63, 3.8) is 0 Å². The zero-order valence-corrected chi connectivity index (χ0v) is 15.1. The van der Waals surface area contributed by atoms with Crippen molar-refractivity contribution in [3.8, 4) is 0 Å². The molecule has 4 rings (SSSR count). The maximum atomic E-state index is 12.5. The number of morpholine rings is 1. The van der Waals surface area contributed by atoms with E-state index in [9.17, 15) is 9.59 Å². The number of fused-ring (bicyclic) bond motifs is 2. The lowest BCUT2D eigenvalue weighted by Gasteiger charge is -2.26. The number of hydrogen-bond acceptors (Lipinski definition) is 6. The molecule has 0 radical (unpaired) electrons. The van der Waals surface area contributed by atoms with Gasteiger partial charge >= 0.3 is 0 Å². The van der Waals surface area contributed by atoms with Crippen molar-refractivity contribution in [3.05, 3.63) is 45.7 Å². The Labute approximate surface area is 154 Å². The summed E-state index contributed by atoms with van der Waals surface area (Å²) in [4.78, 5) is 32.9. The van der Waals surface area contributed by atoms with Gasteiger partial charge in [0.2, 0.25) is 0 Å². The molecule has 3 aromatic rings. The number of nitrogens with zero attached hydrogens (tertiary/aromatic N) is 3. The number of aromatic nitrogens is 2. The van der Waals surface area contributed by atoms with Crippen LogP contribution in [0.5, 0.6) is 0 Å². The van der Waals surface area contributed by atoms with E-state index in [1.807, 2.05) is 6.07 Å². The summed E-state index contributed by atoms with van der Waals surface area (Å²) in [6.07, 6.45) is 2.58. The van der Waals surface area contributed by atoms with E-state index in [1.165, 1.54) is 15.7 Å². The van der Waals surface area contributed by atoms with Crippen molar-refractivity contribution in [1.29, 1.82) is 0 Å². The van der Waals surface area contributed by atoms with E-state index in [0.29, 0.717) is 27.3 Å². The van der Waals surface area contributed by atoms with Crippen molar-refractivity contribution < 1.29 is 9.53 Å². The first-order valence-electron chi connectivity index (χ1n) is 8.71. The SMILES string of the molecule is O=C(NCCCN1CCOCC1)c1cc2c(=O)n3ccccc3nc2s1. The number of amides is 1. The summed E-state index contributed by atoms with van der Waals surface area (Å²) in [7, 11) is 0. The first-order chi connectivity index (χ1) is 12.7. The van der Waals surface area contributed by atoms with Gasteiger partial charge in [-0.1, -0.05) is 6.07 Å². The number of rotatable bonds is 5. The maximum Gasteiger partial charge on any atom is 0.266 e. The number of carbonyl (C=O) groups excluding carboxylic acids is 1. The predicted molar refractivity (Wildman–Crippen MR) is 101 cm³/mol. The van der Waals surface area contributed by atoms with E-state index in [-0.39, 0.29) is 11.5 Å². The van der Waals surface area contributed by atoms with Gasteiger partial charge in [-0.3, -0.25) is 18.9 Å². The van der Waals surface area contributed by atoms with Crippen LogP contribution in [-0.4, -0.2) is 59.6 Å². The van der Waals surface area contributed by atoms with Crippen molar-refractivity contribution in [2.75, 3.05) is 39.4 Å². The monoisotopic (exact) mass is 372 g/mol. The number of hydrogen-bond donors (Lipinski definition) is 1. The number of thiophene rings is 1. The molecule has 26 heavy (non-hydrogen) atoms. The van der Waals surface area contributed by atoms with Crippen LogP contribution < -0.4 is 10.9 Å². The zero-order chi connectivity index (χ0) is 17.9. The van der Waals surface area contributed by atoms with Gasteiger partial charge in [-0.05, 0) is 31.2 Å². The first-order valence-corrected chi connectivity index (χ1v) is 9.53. The third-order valence-corrected chi connectivity index (χ3v) is 5.51. The Bertz CT molecular complexity index is 991. The van der Waals surface area contributed by atoms with Crippen LogP contribution in [0.1, 0.15) is 16.1 Å². The fraction of sp³-hybridized carbons (Fsp3) is 0.389. The molecule has 1 saturated heterocycles. The summed E-state index contributed by atoms with van der Waals surface area (Å²) in [6.45, 7) is 5.03. The molecule has 0 aliphatic carbocycles. The van der Waals surface area contributed by atoms with Crippen LogP contribution in [-0.2, 0) is 4.74 Å². The van der Waals surface area contributed by atoms with E-state index >= 15 is 0 Å². The standard InChI is InChI=1S/C18H20N4O3S/c23-16(19-5-3-6-21-8-10-25-11-9-21)14-12-13-17(26-14)20-15-4-1-2-7-22(15)18(13)24/h1-2,4,7,12H,3,5-6,8-11H2,(H,19,23). The Hall–Kier alpha value is -2.29. The quantitative estimate of drug-likeness (QED) is 0.685. The molecule has 7 nitrogen and oxygen atoms in total. The van der Waals surface area contributed by atoms with Gasteiger partial charge in [0.15, 0.2) is 0 Å². The molecular weight excluding hydrogens is 352 g/mol. The number of nitrogens with one attached hydrogen (secondary N) is 1. The average Bonchev–Trinajstić information content (AvgIpc) is 3.11. The lowest BCUT2D eigenvalue weighted by atomic mass is 10.3. The fourth-order valence-electron chi connectivity index (χ4n) is 3.08. The minimum Gasteiger partial charge on any atom is -0.379 e. The summed E-state index contributed by atoms with van der Waals surface area (Å²) in [5.41, 5.74) is 0.442.